The molecule has 0 bridgehead atoms. The van der Waals surface area contributed by atoms with Gasteiger partial charge in [-0.25, -0.2) is 17.6 Å². The van der Waals surface area contributed by atoms with Crippen LogP contribution >= 0.6 is 0 Å². The molecule has 0 aliphatic rings. The van der Waals surface area contributed by atoms with Crippen molar-refractivity contribution in [1.82, 2.24) is 0 Å². The molecule has 2 aromatic carbocycles. The third-order valence-electron chi connectivity index (χ3n) is 2.98. The average molecular weight is 339 g/mol. The average Bonchev–Trinajstić information content (AvgIpc) is 2.46. The van der Waals surface area contributed by atoms with Gasteiger partial charge in [0.05, 0.1) is 16.2 Å². The molecule has 0 saturated carbocycles. The fraction of sp³-hybridized carbons (Fsp3) is 0.0714. The summed E-state index contributed by atoms with van der Waals surface area (Å²) in [5, 5.41) is 19.9. The molecule has 0 fully saturated rings. The van der Waals surface area contributed by atoms with Crippen molar-refractivity contribution in [2.45, 2.75) is 10.6 Å². The first kappa shape index (κ1) is 16.6. The Hall–Kier alpha value is -2.81. The van der Waals surface area contributed by atoms with Gasteiger partial charge < -0.3 is 5.11 Å². The molecule has 2 aromatic rings. The van der Waals surface area contributed by atoms with Gasteiger partial charge in [0, 0.05) is 6.07 Å². The van der Waals surface area contributed by atoms with E-state index < -0.39 is 48.4 Å². The third kappa shape index (κ3) is 3.69. The van der Waals surface area contributed by atoms with Gasteiger partial charge in [0.25, 0.3) is 5.69 Å². The highest BCUT2D eigenvalue weighted by atomic mass is 32.2. The van der Waals surface area contributed by atoms with E-state index in [1.165, 1.54) is 12.1 Å². The Morgan fingerprint density at radius 3 is 2.48 bits per heavy atom. The van der Waals surface area contributed by atoms with Gasteiger partial charge in [-0.05, 0) is 29.8 Å². The minimum Gasteiger partial charge on any atom is -0.478 e. The zero-order chi connectivity index (χ0) is 17.2. The number of benzene rings is 2. The molecule has 2 rings (SSSR count). The van der Waals surface area contributed by atoms with Crippen molar-refractivity contribution in [3.05, 3.63) is 69.5 Å². The molecule has 0 amide bonds. The van der Waals surface area contributed by atoms with E-state index in [2.05, 4.69) is 0 Å². The molecule has 0 spiro atoms. The van der Waals surface area contributed by atoms with E-state index >= 15 is 0 Å². The Morgan fingerprint density at radius 1 is 1.22 bits per heavy atom. The number of aromatic carboxylic acids is 1. The summed E-state index contributed by atoms with van der Waals surface area (Å²) in [6.45, 7) is 0. The number of hydrogen-bond acceptors (Lipinski definition) is 5. The van der Waals surface area contributed by atoms with Crippen molar-refractivity contribution in [2.24, 2.45) is 0 Å². The van der Waals surface area contributed by atoms with E-state index in [-0.39, 0.29) is 5.56 Å². The molecule has 23 heavy (non-hydrogen) atoms. The molecular weight excluding hydrogens is 329 g/mol. The van der Waals surface area contributed by atoms with Crippen LogP contribution in [0.4, 0.5) is 10.1 Å². The second-order valence-electron chi connectivity index (χ2n) is 4.63. The van der Waals surface area contributed by atoms with Gasteiger partial charge in [-0.3, -0.25) is 10.1 Å². The van der Waals surface area contributed by atoms with Crippen LogP contribution < -0.4 is 0 Å². The maximum Gasteiger partial charge on any atom is 0.335 e. The Kier molecular flexibility index (Phi) is 4.41. The Morgan fingerprint density at radius 2 is 1.91 bits per heavy atom. The second-order valence-corrected chi connectivity index (χ2v) is 6.59. The lowest BCUT2D eigenvalue weighted by Crippen LogP contribution is -2.09. The summed E-state index contributed by atoms with van der Waals surface area (Å²) in [4.78, 5) is 20.3. The van der Waals surface area contributed by atoms with Gasteiger partial charge in [-0.2, -0.15) is 0 Å². The summed E-state index contributed by atoms with van der Waals surface area (Å²) >= 11 is 0. The molecular formula is C14H10FNO6S. The summed E-state index contributed by atoms with van der Waals surface area (Å²) < 4.78 is 37.8. The molecule has 0 aliphatic carbocycles. The van der Waals surface area contributed by atoms with Crippen molar-refractivity contribution < 1.29 is 27.6 Å². The zero-order valence-corrected chi connectivity index (χ0v) is 12.3. The van der Waals surface area contributed by atoms with E-state index in [1.54, 1.807) is 0 Å². The number of hydrogen-bond donors (Lipinski definition) is 1. The number of nitrogens with zero attached hydrogens (tertiary/aromatic N) is 1. The van der Waals surface area contributed by atoms with Crippen molar-refractivity contribution >= 4 is 21.5 Å². The number of nitro benzene ring substituents is 1. The minimum atomic E-state index is -4.15. The van der Waals surface area contributed by atoms with Crippen LogP contribution in [-0.2, 0) is 15.6 Å². The summed E-state index contributed by atoms with van der Waals surface area (Å²) in [6.07, 6.45) is 0. The van der Waals surface area contributed by atoms with Crippen LogP contribution in [0.15, 0.2) is 47.4 Å². The van der Waals surface area contributed by atoms with Crippen LogP contribution in [0.5, 0.6) is 0 Å². The molecule has 0 aliphatic heterocycles. The monoisotopic (exact) mass is 339 g/mol. The molecule has 0 radical (unpaired) electrons. The van der Waals surface area contributed by atoms with Crippen molar-refractivity contribution in [2.75, 3.05) is 0 Å². The normalized spacial score (nSPS) is 11.2. The van der Waals surface area contributed by atoms with Crippen LogP contribution in [-0.4, -0.2) is 24.4 Å². The topological polar surface area (TPSA) is 115 Å². The summed E-state index contributed by atoms with van der Waals surface area (Å²) in [5.41, 5.74) is -1.11. The van der Waals surface area contributed by atoms with Gasteiger partial charge in [0.2, 0.25) is 0 Å². The Labute approximate surface area is 130 Å². The van der Waals surface area contributed by atoms with Crippen LogP contribution in [0, 0.1) is 15.9 Å². The first-order valence-electron chi connectivity index (χ1n) is 6.19. The molecule has 9 heteroatoms. The lowest BCUT2D eigenvalue weighted by molar-refractivity contribution is -0.387. The van der Waals surface area contributed by atoms with Crippen LogP contribution in [0.25, 0.3) is 0 Å². The fourth-order valence-corrected chi connectivity index (χ4v) is 3.48. The largest absolute Gasteiger partial charge is 0.478 e. The molecule has 0 atom stereocenters. The molecule has 120 valence electrons. The zero-order valence-electron chi connectivity index (χ0n) is 11.5. The van der Waals surface area contributed by atoms with Gasteiger partial charge in [-0.15, -0.1) is 0 Å². The lowest BCUT2D eigenvalue weighted by atomic mass is 10.2. The maximum atomic E-state index is 13.1. The first-order chi connectivity index (χ1) is 10.7. The van der Waals surface area contributed by atoms with Crippen molar-refractivity contribution in [3.8, 4) is 0 Å². The highest BCUT2D eigenvalue weighted by Gasteiger charge is 2.27. The number of halogens is 1. The Bertz CT molecular complexity index is 894. The van der Waals surface area contributed by atoms with Crippen LogP contribution in [0.1, 0.15) is 15.9 Å². The van der Waals surface area contributed by atoms with Gasteiger partial charge in [0.1, 0.15) is 10.7 Å². The molecule has 0 unspecified atom stereocenters. The minimum absolute atomic E-state index is 0.126. The highest BCUT2D eigenvalue weighted by molar-refractivity contribution is 7.90. The molecule has 0 saturated heterocycles. The predicted molar refractivity (Wildman–Crippen MR) is 77.3 cm³/mol. The molecule has 1 N–H and O–H groups in total. The predicted octanol–water partition coefficient (Wildman–Crippen LogP) is 2.41. The SMILES string of the molecule is O=C(O)c1ccc(S(=O)(=O)Cc2cccc(F)c2)c([N+](=O)[O-])c1. The van der Waals surface area contributed by atoms with Gasteiger partial charge >= 0.3 is 5.97 Å². The molecule has 7 nitrogen and oxygen atoms in total. The lowest BCUT2D eigenvalue weighted by Gasteiger charge is -2.06. The number of rotatable bonds is 5. The number of carboxylic acid groups (broad SMARTS) is 1. The van der Waals surface area contributed by atoms with Crippen LogP contribution in [0.3, 0.4) is 0 Å². The summed E-state index contributed by atoms with van der Waals surface area (Å²) in [5.74, 6) is -2.69. The Balaban J connectivity index is 2.51. The quantitative estimate of drug-likeness (QED) is 0.661. The maximum absolute atomic E-state index is 13.1. The van der Waals surface area contributed by atoms with Crippen molar-refractivity contribution in [3.63, 3.8) is 0 Å². The van der Waals surface area contributed by atoms with E-state index in [4.69, 9.17) is 5.11 Å². The third-order valence-corrected chi connectivity index (χ3v) is 4.71. The van der Waals surface area contributed by atoms with E-state index in [0.29, 0.717) is 6.07 Å². The van der Waals surface area contributed by atoms with Gasteiger partial charge in [-0.1, -0.05) is 12.1 Å². The fourth-order valence-electron chi connectivity index (χ4n) is 1.98. The van der Waals surface area contributed by atoms with Crippen molar-refractivity contribution in [1.29, 1.82) is 0 Å². The van der Waals surface area contributed by atoms with Gasteiger partial charge in [0.15, 0.2) is 9.84 Å². The standard InChI is InChI=1S/C14H10FNO6S/c15-11-3-1-2-9(6-11)8-23(21,22)13-5-4-10(14(17)18)7-12(13)16(19)20/h1-7H,8H2,(H,17,18). The molecule has 0 heterocycles. The first-order valence-corrected chi connectivity index (χ1v) is 7.85. The number of carboxylic acids is 1. The highest BCUT2D eigenvalue weighted by Crippen LogP contribution is 2.28. The number of sulfone groups is 1. The smallest absolute Gasteiger partial charge is 0.335 e. The second kappa shape index (κ2) is 6.13. The van der Waals surface area contributed by atoms with E-state index in [9.17, 15) is 27.7 Å². The number of nitro groups is 1. The van der Waals surface area contributed by atoms with Crippen LogP contribution in [0.2, 0.25) is 0 Å². The summed E-state index contributed by atoms with van der Waals surface area (Å²) in [7, 11) is -4.15. The molecule has 0 aromatic heterocycles. The van der Waals surface area contributed by atoms with E-state index in [0.717, 1.165) is 24.3 Å². The summed E-state index contributed by atoms with van der Waals surface area (Å²) in [6, 6.07) is 7.36. The van der Waals surface area contributed by atoms with E-state index in [1.807, 2.05) is 0 Å². The number of carbonyl (C=O) groups is 1.